The summed E-state index contributed by atoms with van der Waals surface area (Å²) in [5.41, 5.74) is 5.65. The Morgan fingerprint density at radius 2 is 1.59 bits per heavy atom. The molecule has 2 aromatic carbocycles. The molecular weight excluding hydrogens is 384 g/mol. The molecule has 1 heterocycles. The fraction of sp³-hybridized carbons (Fsp3) is 0.360. The van der Waals surface area contributed by atoms with Crippen LogP contribution >= 0.6 is 11.6 Å². The van der Waals surface area contributed by atoms with E-state index in [2.05, 4.69) is 12.1 Å². The Morgan fingerprint density at radius 1 is 0.966 bits per heavy atom. The van der Waals surface area contributed by atoms with Crippen molar-refractivity contribution in [3.05, 3.63) is 69.8 Å². The van der Waals surface area contributed by atoms with Gasteiger partial charge in [-0.3, -0.25) is 9.59 Å². The first kappa shape index (κ1) is 20.1. The topological polar surface area (TPSA) is 43.4 Å². The van der Waals surface area contributed by atoms with Crippen molar-refractivity contribution in [1.29, 1.82) is 0 Å². The molecule has 0 amide bonds. The maximum atomic E-state index is 13.2. The van der Waals surface area contributed by atoms with E-state index in [0.29, 0.717) is 16.5 Å². The Balaban J connectivity index is 1.65. The van der Waals surface area contributed by atoms with Crippen molar-refractivity contribution < 1.29 is 14.3 Å². The summed E-state index contributed by atoms with van der Waals surface area (Å²) >= 11 is 6.00. The van der Waals surface area contributed by atoms with Gasteiger partial charge in [-0.1, -0.05) is 41.9 Å². The number of hydrogen-bond acceptors (Lipinski definition) is 3. The summed E-state index contributed by atoms with van der Waals surface area (Å²) in [6, 6.07) is 11.8. The van der Waals surface area contributed by atoms with E-state index in [4.69, 9.17) is 16.3 Å². The van der Waals surface area contributed by atoms with Crippen LogP contribution in [-0.2, 0) is 14.3 Å². The first-order valence-electron chi connectivity index (χ1n) is 10.2. The van der Waals surface area contributed by atoms with Crippen molar-refractivity contribution in [2.24, 2.45) is 5.92 Å². The van der Waals surface area contributed by atoms with Crippen LogP contribution in [0, 0.1) is 19.8 Å². The Morgan fingerprint density at radius 3 is 2.21 bits per heavy atom. The molecule has 2 aliphatic rings. The molecular formula is C25H25ClO3. The molecule has 0 bridgehead atoms. The van der Waals surface area contributed by atoms with Crippen LogP contribution in [0.25, 0.3) is 11.1 Å². The Hall–Kier alpha value is -2.23. The molecule has 1 saturated carbocycles. The number of benzene rings is 2. The zero-order valence-electron chi connectivity index (χ0n) is 16.8. The smallest absolute Gasteiger partial charge is 0.173 e. The number of allylic oxidation sites excluding steroid dienone is 2. The number of ether oxygens (including phenoxy) is 1. The normalized spacial score (nSPS) is 21.9. The third-order valence-corrected chi connectivity index (χ3v) is 6.28. The maximum absolute atomic E-state index is 13.2. The van der Waals surface area contributed by atoms with Crippen LogP contribution in [0.3, 0.4) is 0 Å². The van der Waals surface area contributed by atoms with Gasteiger partial charge in [0.1, 0.15) is 5.92 Å². The van der Waals surface area contributed by atoms with Gasteiger partial charge in [-0.15, -0.1) is 0 Å². The van der Waals surface area contributed by atoms with Gasteiger partial charge in [-0.05, 0) is 78.1 Å². The fourth-order valence-electron chi connectivity index (χ4n) is 4.55. The largest absolute Gasteiger partial charge is 0.381 e. The van der Waals surface area contributed by atoms with Gasteiger partial charge in [0.15, 0.2) is 11.6 Å². The summed E-state index contributed by atoms with van der Waals surface area (Å²) in [6.45, 7) is 5.43. The summed E-state index contributed by atoms with van der Waals surface area (Å²) in [4.78, 5) is 26.0. The Labute approximate surface area is 176 Å². The van der Waals surface area contributed by atoms with Gasteiger partial charge in [0.2, 0.25) is 0 Å². The molecule has 1 unspecified atom stereocenters. The summed E-state index contributed by atoms with van der Waals surface area (Å²) in [7, 11) is 0. The van der Waals surface area contributed by atoms with Crippen LogP contribution in [0.4, 0.5) is 0 Å². The second-order valence-electron chi connectivity index (χ2n) is 8.11. The number of halogens is 1. The summed E-state index contributed by atoms with van der Waals surface area (Å²) < 4.78 is 5.40. The number of ketones is 2. The zero-order chi connectivity index (χ0) is 20.5. The van der Waals surface area contributed by atoms with Gasteiger partial charge >= 0.3 is 0 Å². The number of rotatable bonds is 3. The molecule has 4 heteroatoms. The van der Waals surface area contributed by atoms with Crippen LogP contribution in [0.5, 0.6) is 0 Å². The van der Waals surface area contributed by atoms with E-state index in [1.54, 1.807) is 0 Å². The van der Waals surface area contributed by atoms with E-state index in [1.165, 1.54) is 0 Å². The number of carbonyl (C=O) groups excluding carboxylic acids is 2. The lowest BCUT2D eigenvalue weighted by atomic mass is 9.85. The molecule has 4 rings (SSSR count). The van der Waals surface area contributed by atoms with Crippen LogP contribution in [0.1, 0.15) is 41.9 Å². The van der Waals surface area contributed by atoms with Gasteiger partial charge in [0, 0.05) is 24.7 Å². The molecule has 29 heavy (non-hydrogen) atoms. The van der Waals surface area contributed by atoms with E-state index >= 15 is 0 Å². The SMILES string of the molecule is Cc1cc(-c2ccc(Cl)cc2)cc(C)c1C1C(=O)C/C(=C\C2CCOCC2)C1=O. The first-order valence-corrected chi connectivity index (χ1v) is 10.5. The number of carbonyl (C=O) groups is 2. The molecule has 0 radical (unpaired) electrons. The Kier molecular flexibility index (Phi) is 5.71. The summed E-state index contributed by atoms with van der Waals surface area (Å²) in [6.07, 6.45) is 4.13. The fourth-order valence-corrected chi connectivity index (χ4v) is 4.67. The predicted molar refractivity (Wildman–Crippen MR) is 115 cm³/mol. The summed E-state index contributed by atoms with van der Waals surface area (Å²) in [5, 5.41) is 0.699. The third-order valence-electron chi connectivity index (χ3n) is 6.03. The lowest BCUT2D eigenvalue weighted by Gasteiger charge is -2.19. The van der Waals surface area contributed by atoms with Crippen LogP contribution < -0.4 is 0 Å². The lowest BCUT2D eigenvalue weighted by Crippen LogP contribution is -2.17. The van der Waals surface area contributed by atoms with Crippen LogP contribution in [0.15, 0.2) is 48.0 Å². The standard InChI is InChI=1S/C25H25ClO3/c1-15-11-19(18-3-5-21(26)6-4-18)12-16(2)23(15)24-22(27)14-20(25(24)28)13-17-7-9-29-10-8-17/h3-6,11-13,17,24H,7-10,14H2,1-2H3/b20-13+. The van der Waals surface area contributed by atoms with Gasteiger partial charge in [0.25, 0.3) is 0 Å². The molecule has 0 N–H and O–H groups in total. The van der Waals surface area contributed by atoms with Crippen molar-refractivity contribution in [3.63, 3.8) is 0 Å². The predicted octanol–water partition coefficient (Wildman–Crippen LogP) is 5.60. The molecule has 150 valence electrons. The van der Waals surface area contributed by atoms with Gasteiger partial charge in [0.05, 0.1) is 0 Å². The van der Waals surface area contributed by atoms with Crippen LogP contribution in [0.2, 0.25) is 5.02 Å². The molecule has 3 nitrogen and oxygen atoms in total. The molecule has 1 saturated heterocycles. The molecule has 0 spiro atoms. The molecule has 2 aromatic rings. The lowest BCUT2D eigenvalue weighted by molar-refractivity contribution is -0.123. The van der Waals surface area contributed by atoms with Crippen molar-refractivity contribution in [2.45, 2.75) is 39.0 Å². The second kappa shape index (κ2) is 8.25. The second-order valence-corrected chi connectivity index (χ2v) is 8.55. The minimum absolute atomic E-state index is 0.0127. The van der Waals surface area contributed by atoms with E-state index in [9.17, 15) is 9.59 Å². The van der Waals surface area contributed by atoms with Crippen molar-refractivity contribution >= 4 is 23.2 Å². The highest BCUT2D eigenvalue weighted by molar-refractivity contribution is 6.30. The maximum Gasteiger partial charge on any atom is 0.173 e. The van der Waals surface area contributed by atoms with Gasteiger partial charge in [-0.25, -0.2) is 0 Å². The van der Waals surface area contributed by atoms with Crippen molar-refractivity contribution in [3.8, 4) is 11.1 Å². The third kappa shape index (κ3) is 4.08. The van der Waals surface area contributed by atoms with Crippen molar-refractivity contribution in [2.75, 3.05) is 13.2 Å². The van der Waals surface area contributed by atoms with Gasteiger partial charge < -0.3 is 4.74 Å². The number of hydrogen-bond donors (Lipinski definition) is 0. The average molecular weight is 409 g/mol. The number of aryl methyl sites for hydroxylation is 2. The Bertz CT molecular complexity index is 959. The van der Waals surface area contributed by atoms with E-state index in [1.807, 2.05) is 44.2 Å². The quantitative estimate of drug-likeness (QED) is 0.490. The van der Waals surface area contributed by atoms with Gasteiger partial charge in [-0.2, -0.15) is 0 Å². The highest BCUT2D eigenvalue weighted by Crippen LogP contribution is 2.38. The first-order chi connectivity index (χ1) is 13.9. The highest BCUT2D eigenvalue weighted by Gasteiger charge is 2.40. The molecule has 1 aliphatic heterocycles. The minimum atomic E-state index is -0.666. The van der Waals surface area contributed by atoms with E-state index in [0.717, 1.165) is 53.9 Å². The molecule has 0 aromatic heterocycles. The van der Waals surface area contributed by atoms with E-state index < -0.39 is 5.92 Å². The monoisotopic (exact) mass is 408 g/mol. The van der Waals surface area contributed by atoms with Crippen molar-refractivity contribution in [1.82, 2.24) is 0 Å². The number of Topliss-reactive ketones (excluding diaryl/α,β-unsaturated/α-hetero) is 2. The molecule has 2 fully saturated rings. The highest BCUT2D eigenvalue weighted by atomic mass is 35.5. The zero-order valence-corrected chi connectivity index (χ0v) is 17.6. The minimum Gasteiger partial charge on any atom is -0.381 e. The average Bonchev–Trinajstić information content (AvgIpc) is 2.96. The van der Waals surface area contributed by atoms with Crippen LogP contribution in [-0.4, -0.2) is 24.8 Å². The summed E-state index contributed by atoms with van der Waals surface area (Å²) in [5.74, 6) is -0.338. The van der Waals surface area contributed by atoms with E-state index in [-0.39, 0.29) is 18.0 Å². The molecule has 1 atom stereocenters. The molecule has 1 aliphatic carbocycles.